The number of benzene rings is 3. The van der Waals surface area contributed by atoms with Gasteiger partial charge in [0.15, 0.2) is 0 Å². The van der Waals surface area contributed by atoms with E-state index in [9.17, 15) is 0 Å². The first-order valence-electron chi connectivity index (χ1n) is 10.7. The van der Waals surface area contributed by atoms with Crippen molar-refractivity contribution in [2.45, 2.75) is 0 Å². The molecule has 152 valence electrons. The van der Waals surface area contributed by atoms with Crippen LogP contribution in [-0.2, 0) is 7.05 Å². The van der Waals surface area contributed by atoms with Crippen LogP contribution in [0.4, 0.5) is 0 Å². The van der Waals surface area contributed by atoms with Crippen LogP contribution in [0.1, 0.15) is 0 Å². The Morgan fingerprint density at radius 3 is 2.12 bits per heavy atom. The summed E-state index contributed by atoms with van der Waals surface area (Å²) in [7, 11) is 2.13. The summed E-state index contributed by atoms with van der Waals surface area (Å²) < 4.78 is 2.26. The number of aromatic nitrogens is 3. The van der Waals surface area contributed by atoms with E-state index in [1.54, 1.807) is 0 Å². The molecule has 0 aliphatic carbocycles. The zero-order chi connectivity index (χ0) is 21.5. The van der Waals surface area contributed by atoms with Crippen LogP contribution in [0.15, 0.2) is 109 Å². The van der Waals surface area contributed by atoms with Gasteiger partial charge < -0.3 is 4.57 Å². The summed E-state index contributed by atoms with van der Waals surface area (Å²) in [6.45, 7) is 0. The van der Waals surface area contributed by atoms with Crippen molar-refractivity contribution in [2.75, 3.05) is 0 Å². The predicted octanol–water partition coefficient (Wildman–Crippen LogP) is 7.12. The molecule has 0 spiro atoms. The molecule has 0 saturated heterocycles. The summed E-state index contributed by atoms with van der Waals surface area (Å²) >= 11 is 0. The zero-order valence-electron chi connectivity index (χ0n) is 17.7. The third kappa shape index (κ3) is 3.07. The molecular weight excluding hydrogens is 390 g/mol. The molecular formula is C29H21N3. The predicted molar refractivity (Wildman–Crippen MR) is 132 cm³/mol. The quantitative estimate of drug-likeness (QED) is 0.310. The Morgan fingerprint density at radius 2 is 1.28 bits per heavy atom. The number of hydrogen-bond acceptors (Lipinski definition) is 2. The van der Waals surface area contributed by atoms with Crippen LogP contribution in [0.3, 0.4) is 0 Å². The third-order valence-electron chi connectivity index (χ3n) is 6.07. The van der Waals surface area contributed by atoms with Crippen molar-refractivity contribution >= 4 is 21.8 Å². The van der Waals surface area contributed by atoms with E-state index < -0.39 is 0 Å². The van der Waals surface area contributed by atoms with Gasteiger partial charge in [-0.15, -0.1) is 0 Å². The van der Waals surface area contributed by atoms with Crippen LogP contribution in [0.2, 0.25) is 0 Å². The highest BCUT2D eigenvalue weighted by molar-refractivity contribution is 6.09. The molecule has 6 rings (SSSR count). The Kier molecular flexibility index (Phi) is 4.32. The van der Waals surface area contributed by atoms with Crippen molar-refractivity contribution in [3.63, 3.8) is 0 Å². The maximum Gasteiger partial charge on any atom is 0.0899 e. The lowest BCUT2D eigenvalue weighted by atomic mass is 9.99. The Morgan fingerprint density at radius 1 is 0.531 bits per heavy atom. The molecule has 0 saturated carbocycles. The Balaban J connectivity index is 1.59. The molecule has 0 unspecified atom stereocenters. The maximum atomic E-state index is 4.95. The second kappa shape index (κ2) is 7.47. The van der Waals surface area contributed by atoms with Gasteiger partial charge in [-0.1, -0.05) is 60.7 Å². The molecule has 0 N–H and O–H groups in total. The molecule has 0 atom stereocenters. The highest BCUT2D eigenvalue weighted by Gasteiger charge is 2.12. The van der Waals surface area contributed by atoms with Gasteiger partial charge >= 0.3 is 0 Å². The topological polar surface area (TPSA) is 30.7 Å². The fourth-order valence-electron chi connectivity index (χ4n) is 4.45. The molecule has 0 fully saturated rings. The van der Waals surface area contributed by atoms with E-state index in [0.717, 1.165) is 28.2 Å². The monoisotopic (exact) mass is 411 g/mol. The van der Waals surface area contributed by atoms with Crippen molar-refractivity contribution < 1.29 is 0 Å². The molecule has 6 aromatic rings. The summed E-state index contributed by atoms with van der Waals surface area (Å²) in [6.07, 6.45) is 1.81. The summed E-state index contributed by atoms with van der Waals surface area (Å²) in [5.41, 5.74) is 8.57. The van der Waals surface area contributed by atoms with E-state index in [1.807, 2.05) is 42.6 Å². The van der Waals surface area contributed by atoms with Crippen LogP contribution >= 0.6 is 0 Å². The zero-order valence-corrected chi connectivity index (χ0v) is 17.7. The number of rotatable bonds is 3. The lowest BCUT2D eigenvalue weighted by molar-refractivity contribution is 1.01. The SMILES string of the molecule is Cn1c2ccccc2c2cc(-c3cc(-c4ccccc4)nc(-c4ccccn4)c3)ccc21. The summed E-state index contributed by atoms with van der Waals surface area (Å²) in [5, 5.41) is 2.53. The lowest BCUT2D eigenvalue weighted by Crippen LogP contribution is -1.92. The van der Waals surface area contributed by atoms with Gasteiger partial charge in [0.1, 0.15) is 0 Å². The van der Waals surface area contributed by atoms with E-state index in [0.29, 0.717) is 0 Å². The minimum absolute atomic E-state index is 0.873. The van der Waals surface area contributed by atoms with Crippen LogP contribution in [-0.4, -0.2) is 14.5 Å². The smallest absolute Gasteiger partial charge is 0.0899 e. The molecule has 32 heavy (non-hydrogen) atoms. The Bertz CT molecular complexity index is 1510. The van der Waals surface area contributed by atoms with Crippen LogP contribution < -0.4 is 0 Å². The number of fused-ring (bicyclic) bond motifs is 3. The molecule has 3 nitrogen and oxygen atoms in total. The number of hydrogen-bond donors (Lipinski definition) is 0. The van der Waals surface area contributed by atoms with Crippen molar-refractivity contribution in [1.29, 1.82) is 0 Å². The molecule has 0 amide bonds. The number of para-hydroxylation sites is 1. The Labute approximate surface area is 186 Å². The van der Waals surface area contributed by atoms with Gasteiger partial charge in [-0.3, -0.25) is 4.98 Å². The first-order chi connectivity index (χ1) is 15.8. The van der Waals surface area contributed by atoms with Crippen LogP contribution in [0, 0.1) is 0 Å². The standard InChI is InChI=1S/C29H21N3/c1-32-28-13-6-5-11-23(28)24-17-21(14-15-29(24)32)22-18-26(20-9-3-2-4-10-20)31-27(19-22)25-12-7-8-16-30-25/h2-19H,1H3. The summed E-state index contributed by atoms with van der Waals surface area (Å²) in [4.78, 5) is 9.50. The molecule has 0 bridgehead atoms. The van der Waals surface area contributed by atoms with E-state index in [-0.39, 0.29) is 0 Å². The molecule has 0 radical (unpaired) electrons. The van der Waals surface area contributed by atoms with Gasteiger partial charge in [0.05, 0.1) is 17.1 Å². The number of nitrogens with zero attached hydrogens (tertiary/aromatic N) is 3. The largest absolute Gasteiger partial charge is 0.344 e. The van der Waals surface area contributed by atoms with Gasteiger partial charge in [-0.2, -0.15) is 0 Å². The van der Waals surface area contributed by atoms with Crippen LogP contribution in [0.25, 0.3) is 55.6 Å². The maximum absolute atomic E-state index is 4.95. The average Bonchev–Trinajstić information content (AvgIpc) is 3.16. The second-order valence-electron chi connectivity index (χ2n) is 8.02. The average molecular weight is 412 g/mol. The highest BCUT2D eigenvalue weighted by Crippen LogP contribution is 2.34. The molecule has 3 aromatic heterocycles. The molecule has 3 heterocycles. The number of aryl methyl sites for hydroxylation is 1. The van der Waals surface area contributed by atoms with Gasteiger partial charge in [0.25, 0.3) is 0 Å². The normalized spacial score (nSPS) is 11.3. The van der Waals surface area contributed by atoms with E-state index >= 15 is 0 Å². The van der Waals surface area contributed by atoms with E-state index in [1.165, 1.54) is 27.4 Å². The van der Waals surface area contributed by atoms with Crippen molar-refractivity contribution in [3.8, 4) is 33.8 Å². The van der Waals surface area contributed by atoms with Crippen molar-refractivity contribution in [1.82, 2.24) is 14.5 Å². The van der Waals surface area contributed by atoms with Gasteiger partial charge in [0, 0.05) is 40.6 Å². The second-order valence-corrected chi connectivity index (χ2v) is 8.02. The van der Waals surface area contributed by atoms with Gasteiger partial charge in [-0.05, 0) is 53.6 Å². The van der Waals surface area contributed by atoms with E-state index in [4.69, 9.17) is 4.98 Å². The molecule has 3 aromatic carbocycles. The first-order valence-corrected chi connectivity index (χ1v) is 10.7. The summed E-state index contributed by atoms with van der Waals surface area (Å²) in [6, 6.07) is 35.9. The molecule has 0 aliphatic heterocycles. The van der Waals surface area contributed by atoms with E-state index in [2.05, 4.69) is 83.3 Å². The lowest BCUT2D eigenvalue weighted by Gasteiger charge is -2.10. The Hall–Kier alpha value is -4.24. The van der Waals surface area contributed by atoms with Crippen molar-refractivity contribution in [3.05, 3.63) is 109 Å². The fourth-order valence-corrected chi connectivity index (χ4v) is 4.45. The fraction of sp³-hybridized carbons (Fsp3) is 0.0345. The van der Waals surface area contributed by atoms with Gasteiger partial charge in [0.2, 0.25) is 0 Å². The number of pyridine rings is 2. The highest BCUT2D eigenvalue weighted by atomic mass is 14.9. The van der Waals surface area contributed by atoms with Crippen molar-refractivity contribution in [2.24, 2.45) is 7.05 Å². The minimum Gasteiger partial charge on any atom is -0.344 e. The van der Waals surface area contributed by atoms with Gasteiger partial charge in [-0.25, -0.2) is 4.98 Å². The first kappa shape index (κ1) is 18.5. The molecule has 3 heteroatoms. The van der Waals surface area contributed by atoms with Crippen LogP contribution in [0.5, 0.6) is 0 Å². The minimum atomic E-state index is 0.873. The molecule has 0 aliphatic rings. The summed E-state index contributed by atoms with van der Waals surface area (Å²) in [5.74, 6) is 0. The third-order valence-corrected chi connectivity index (χ3v) is 6.07.